The molecule has 7 heteroatoms. The average molecular weight is 409 g/mol. The molecular formula is C23H28N4O3. The SMILES string of the molecule is CCCCn1nc(C(=O)NC[C@H](c2ccco2)N2CCCC2)c2ccccc2c1=O. The van der Waals surface area contributed by atoms with Crippen LogP contribution < -0.4 is 10.9 Å². The molecule has 1 aliphatic rings. The Kier molecular flexibility index (Phi) is 6.28. The zero-order valence-corrected chi connectivity index (χ0v) is 17.3. The van der Waals surface area contributed by atoms with Gasteiger partial charge in [-0.3, -0.25) is 14.5 Å². The van der Waals surface area contributed by atoms with E-state index in [1.807, 2.05) is 24.3 Å². The van der Waals surface area contributed by atoms with Gasteiger partial charge < -0.3 is 9.73 Å². The second kappa shape index (κ2) is 9.26. The van der Waals surface area contributed by atoms with Gasteiger partial charge in [0.25, 0.3) is 11.5 Å². The van der Waals surface area contributed by atoms with Crippen molar-refractivity contribution in [2.75, 3.05) is 19.6 Å². The van der Waals surface area contributed by atoms with E-state index in [4.69, 9.17) is 4.42 Å². The van der Waals surface area contributed by atoms with Crippen LogP contribution in [0.15, 0.2) is 51.9 Å². The van der Waals surface area contributed by atoms with Crippen molar-refractivity contribution in [3.63, 3.8) is 0 Å². The second-order valence-electron chi connectivity index (χ2n) is 7.76. The smallest absolute Gasteiger partial charge is 0.274 e. The van der Waals surface area contributed by atoms with Gasteiger partial charge in [0, 0.05) is 18.5 Å². The molecule has 1 atom stereocenters. The molecule has 1 amide bonds. The molecule has 0 unspecified atom stereocenters. The minimum Gasteiger partial charge on any atom is -0.468 e. The third-order valence-corrected chi connectivity index (χ3v) is 5.72. The molecule has 30 heavy (non-hydrogen) atoms. The standard InChI is InChI=1S/C23H28N4O3/c1-2-3-14-27-23(29)18-10-5-4-9-17(18)21(25-27)22(28)24-16-19(20-11-8-15-30-20)26-12-6-7-13-26/h4-5,8-11,15,19H,2-3,6-7,12-14,16H2,1H3,(H,24,28)/t19-/m1/s1. The molecule has 158 valence electrons. The number of fused-ring (bicyclic) bond motifs is 1. The first-order valence-electron chi connectivity index (χ1n) is 10.7. The fourth-order valence-corrected chi connectivity index (χ4v) is 4.08. The van der Waals surface area contributed by atoms with E-state index < -0.39 is 0 Å². The highest BCUT2D eigenvalue weighted by Crippen LogP contribution is 2.25. The summed E-state index contributed by atoms with van der Waals surface area (Å²) in [4.78, 5) is 28.2. The number of nitrogens with one attached hydrogen (secondary N) is 1. The van der Waals surface area contributed by atoms with Gasteiger partial charge in [-0.2, -0.15) is 5.10 Å². The number of likely N-dealkylation sites (tertiary alicyclic amines) is 1. The number of carbonyl (C=O) groups is 1. The van der Waals surface area contributed by atoms with Gasteiger partial charge in [0.1, 0.15) is 5.76 Å². The number of benzene rings is 1. The van der Waals surface area contributed by atoms with E-state index in [9.17, 15) is 9.59 Å². The number of hydrogen-bond donors (Lipinski definition) is 1. The molecule has 3 aromatic rings. The third-order valence-electron chi connectivity index (χ3n) is 5.72. The quantitative estimate of drug-likeness (QED) is 0.618. The van der Waals surface area contributed by atoms with Crippen LogP contribution >= 0.6 is 0 Å². The predicted octanol–water partition coefficient (Wildman–Crippen LogP) is 3.36. The second-order valence-corrected chi connectivity index (χ2v) is 7.76. The molecule has 1 N–H and O–H groups in total. The number of nitrogens with zero attached hydrogens (tertiary/aromatic N) is 3. The number of aryl methyl sites for hydroxylation is 1. The van der Waals surface area contributed by atoms with Crippen LogP contribution in [0.1, 0.15) is 54.9 Å². The number of aromatic nitrogens is 2. The van der Waals surface area contributed by atoms with Crippen molar-refractivity contribution in [3.8, 4) is 0 Å². The Bertz CT molecular complexity index is 1050. The van der Waals surface area contributed by atoms with Crippen molar-refractivity contribution < 1.29 is 9.21 Å². The van der Waals surface area contributed by atoms with Crippen LogP contribution in [0.5, 0.6) is 0 Å². The first-order chi connectivity index (χ1) is 14.7. The maximum atomic E-state index is 13.1. The summed E-state index contributed by atoms with van der Waals surface area (Å²) in [7, 11) is 0. The van der Waals surface area contributed by atoms with Crippen molar-refractivity contribution >= 4 is 16.7 Å². The van der Waals surface area contributed by atoms with Gasteiger partial charge in [0.05, 0.1) is 17.7 Å². The Labute approximate surface area is 175 Å². The summed E-state index contributed by atoms with van der Waals surface area (Å²) in [6.45, 7) is 4.97. The Morgan fingerprint density at radius 3 is 2.63 bits per heavy atom. The molecular weight excluding hydrogens is 380 g/mol. The number of amides is 1. The van der Waals surface area contributed by atoms with Crippen LogP contribution in [0.2, 0.25) is 0 Å². The number of carbonyl (C=O) groups excluding carboxylic acids is 1. The lowest BCUT2D eigenvalue weighted by Crippen LogP contribution is -2.38. The summed E-state index contributed by atoms with van der Waals surface area (Å²) >= 11 is 0. The number of hydrogen-bond acceptors (Lipinski definition) is 5. The summed E-state index contributed by atoms with van der Waals surface area (Å²) in [5.74, 6) is 0.579. The van der Waals surface area contributed by atoms with Crippen LogP contribution in [0, 0.1) is 0 Å². The molecule has 0 spiro atoms. The normalized spacial score (nSPS) is 15.5. The van der Waals surface area contributed by atoms with Crippen LogP contribution in [0.3, 0.4) is 0 Å². The van der Waals surface area contributed by atoms with E-state index in [1.165, 1.54) is 4.68 Å². The molecule has 0 radical (unpaired) electrons. The molecule has 0 bridgehead atoms. The number of unbranched alkanes of at least 4 members (excludes halogenated alkanes) is 1. The van der Waals surface area contributed by atoms with Crippen molar-refractivity contribution in [2.24, 2.45) is 0 Å². The predicted molar refractivity (Wildman–Crippen MR) is 116 cm³/mol. The van der Waals surface area contributed by atoms with Crippen molar-refractivity contribution in [3.05, 3.63) is 64.5 Å². The molecule has 3 heterocycles. The lowest BCUT2D eigenvalue weighted by atomic mass is 10.1. The van der Waals surface area contributed by atoms with Gasteiger partial charge >= 0.3 is 0 Å². The molecule has 1 aliphatic heterocycles. The zero-order valence-electron chi connectivity index (χ0n) is 17.3. The molecule has 1 fully saturated rings. The Morgan fingerprint density at radius 2 is 1.93 bits per heavy atom. The maximum Gasteiger partial charge on any atom is 0.274 e. The molecule has 7 nitrogen and oxygen atoms in total. The van der Waals surface area contributed by atoms with E-state index in [0.717, 1.165) is 44.5 Å². The lowest BCUT2D eigenvalue weighted by Gasteiger charge is -2.26. The largest absolute Gasteiger partial charge is 0.468 e. The van der Waals surface area contributed by atoms with Crippen molar-refractivity contribution in [2.45, 2.75) is 45.2 Å². The lowest BCUT2D eigenvalue weighted by molar-refractivity contribution is 0.0928. The Hall–Kier alpha value is -2.93. The van der Waals surface area contributed by atoms with Crippen LogP contribution in [0.4, 0.5) is 0 Å². The summed E-state index contributed by atoms with van der Waals surface area (Å²) in [6.07, 6.45) is 5.75. The summed E-state index contributed by atoms with van der Waals surface area (Å²) < 4.78 is 7.06. The van der Waals surface area contributed by atoms with Gasteiger partial charge in [0.15, 0.2) is 5.69 Å². The first-order valence-corrected chi connectivity index (χ1v) is 10.7. The fraction of sp³-hybridized carbons (Fsp3) is 0.435. The molecule has 0 saturated carbocycles. The van der Waals surface area contributed by atoms with E-state index in [-0.39, 0.29) is 17.5 Å². The maximum absolute atomic E-state index is 13.1. The minimum absolute atomic E-state index is 0.0105. The Morgan fingerprint density at radius 1 is 1.17 bits per heavy atom. The van der Waals surface area contributed by atoms with Gasteiger partial charge in [0.2, 0.25) is 0 Å². The van der Waals surface area contributed by atoms with Gasteiger partial charge in [-0.25, -0.2) is 4.68 Å². The molecule has 0 aliphatic carbocycles. The highest BCUT2D eigenvalue weighted by molar-refractivity contribution is 6.04. The Balaban J connectivity index is 1.60. The topological polar surface area (TPSA) is 80.4 Å². The van der Waals surface area contributed by atoms with Gasteiger partial charge in [-0.05, 0) is 50.6 Å². The van der Waals surface area contributed by atoms with E-state index in [2.05, 4.69) is 22.2 Å². The van der Waals surface area contributed by atoms with Crippen molar-refractivity contribution in [1.29, 1.82) is 0 Å². The number of furan rings is 1. The summed E-state index contributed by atoms with van der Waals surface area (Å²) in [6, 6.07) is 11.0. The van der Waals surface area contributed by atoms with Gasteiger partial charge in [-0.15, -0.1) is 0 Å². The van der Waals surface area contributed by atoms with E-state index in [1.54, 1.807) is 18.4 Å². The zero-order chi connectivity index (χ0) is 20.9. The average Bonchev–Trinajstić information content (AvgIpc) is 3.48. The molecule has 2 aromatic heterocycles. The monoisotopic (exact) mass is 408 g/mol. The van der Waals surface area contributed by atoms with Crippen LogP contribution in [-0.2, 0) is 6.54 Å². The third kappa shape index (κ3) is 4.16. The number of rotatable bonds is 8. The van der Waals surface area contributed by atoms with Crippen LogP contribution in [-0.4, -0.2) is 40.2 Å². The molecule has 1 aromatic carbocycles. The van der Waals surface area contributed by atoms with Crippen molar-refractivity contribution in [1.82, 2.24) is 20.0 Å². The summed E-state index contributed by atoms with van der Waals surface area (Å²) in [5.41, 5.74) is 0.141. The minimum atomic E-state index is -0.271. The van der Waals surface area contributed by atoms with Crippen LogP contribution in [0.25, 0.3) is 10.8 Å². The first kappa shape index (κ1) is 20.3. The van der Waals surface area contributed by atoms with E-state index >= 15 is 0 Å². The molecule has 4 rings (SSSR count). The molecule has 1 saturated heterocycles. The highest BCUT2D eigenvalue weighted by Gasteiger charge is 2.27. The van der Waals surface area contributed by atoms with E-state index in [0.29, 0.717) is 29.6 Å². The van der Waals surface area contributed by atoms with Gasteiger partial charge in [-0.1, -0.05) is 31.5 Å². The highest BCUT2D eigenvalue weighted by atomic mass is 16.3. The summed E-state index contributed by atoms with van der Waals surface area (Å²) in [5, 5.41) is 8.58. The fourth-order valence-electron chi connectivity index (χ4n) is 4.08.